The van der Waals surface area contributed by atoms with Crippen molar-refractivity contribution in [2.24, 2.45) is 0 Å². The summed E-state index contributed by atoms with van der Waals surface area (Å²) in [5.41, 5.74) is 0. The molecule has 0 aliphatic carbocycles. The Balaban J connectivity index is 2.10. The smallest absolute Gasteiger partial charge is 0.223 e. The van der Waals surface area contributed by atoms with Gasteiger partial charge in [0.25, 0.3) is 0 Å². The van der Waals surface area contributed by atoms with Crippen LogP contribution in [0.3, 0.4) is 0 Å². The molecule has 1 saturated heterocycles. The molecule has 2 atom stereocenters. The van der Waals surface area contributed by atoms with Gasteiger partial charge in [-0.1, -0.05) is 11.8 Å². The van der Waals surface area contributed by atoms with Crippen molar-refractivity contribution in [2.45, 2.75) is 36.6 Å². The number of hydrogen-bond acceptors (Lipinski definition) is 5. The monoisotopic (exact) mass is 257 g/mol. The van der Waals surface area contributed by atoms with Crippen LogP contribution in [-0.2, 0) is 4.74 Å². The van der Waals surface area contributed by atoms with Gasteiger partial charge in [0.05, 0.1) is 12.3 Å². The number of aromatic nitrogens is 2. The lowest BCUT2D eigenvalue weighted by Crippen LogP contribution is -2.14. The fourth-order valence-electron chi connectivity index (χ4n) is 1.69. The third-order valence-corrected chi connectivity index (χ3v) is 4.05. The number of hydrogen-bond donors (Lipinski definition) is 1. The second-order valence-electron chi connectivity index (χ2n) is 3.90. The minimum Gasteiger partial charge on any atom is -0.377 e. The van der Waals surface area contributed by atoms with E-state index in [1.54, 1.807) is 0 Å². The Hall–Kier alpha value is -0.880. The Bertz CT molecular complexity index is 391. The molecule has 0 spiro atoms. The third-order valence-electron chi connectivity index (χ3n) is 2.62. The Morgan fingerprint density at radius 2 is 2.47 bits per heavy atom. The van der Waals surface area contributed by atoms with Crippen LogP contribution >= 0.6 is 11.8 Å². The maximum Gasteiger partial charge on any atom is 0.223 e. The van der Waals surface area contributed by atoms with E-state index < -0.39 is 0 Å². The molecule has 1 aromatic rings. The Kier molecular flexibility index (Phi) is 4.17. The van der Waals surface area contributed by atoms with Gasteiger partial charge in [-0.25, -0.2) is 14.4 Å². The average molecular weight is 257 g/mol. The maximum atomic E-state index is 13.6. The summed E-state index contributed by atoms with van der Waals surface area (Å²) in [5, 5.41) is 3.65. The van der Waals surface area contributed by atoms with Gasteiger partial charge < -0.3 is 10.1 Å². The first-order chi connectivity index (χ1) is 8.20. The molecule has 2 heterocycles. The van der Waals surface area contributed by atoms with Crippen molar-refractivity contribution >= 4 is 17.7 Å². The van der Waals surface area contributed by atoms with Crippen LogP contribution in [0.25, 0.3) is 0 Å². The largest absolute Gasteiger partial charge is 0.377 e. The lowest BCUT2D eigenvalue weighted by molar-refractivity contribution is 0.127. The van der Waals surface area contributed by atoms with E-state index in [0.717, 1.165) is 19.6 Å². The second kappa shape index (κ2) is 5.64. The van der Waals surface area contributed by atoms with E-state index in [0.29, 0.717) is 11.0 Å². The van der Waals surface area contributed by atoms with Gasteiger partial charge >= 0.3 is 0 Å². The summed E-state index contributed by atoms with van der Waals surface area (Å²) in [6.07, 6.45) is 2.30. The molecule has 0 amide bonds. The van der Waals surface area contributed by atoms with Crippen LogP contribution in [-0.4, -0.2) is 34.5 Å². The number of nitrogens with zero attached hydrogens (tertiary/aromatic N) is 2. The van der Waals surface area contributed by atoms with Gasteiger partial charge in [-0.05, 0) is 20.3 Å². The SMILES string of the molecule is CCNc1ncc(F)c(SC2CCOC2C)n1. The Morgan fingerprint density at radius 1 is 1.65 bits per heavy atom. The van der Waals surface area contributed by atoms with Gasteiger partial charge in [0.1, 0.15) is 5.03 Å². The van der Waals surface area contributed by atoms with Crippen molar-refractivity contribution in [1.82, 2.24) is 9.97 Å². The van der Waals surface area contributed by atoms with E-state index in [1.807, 2.05) is 13.8 Å². The molecule has 2 unspecified atom stereocenters. The number of halogens is 1. The minimum absolute atomic E-state index is 0.150. The summed E-state index contributed by atoms with van der Waals surface area (Å²) in [6.45, 7) is 5.42. The van der Waals surface area contributed by atoms with Crippen LogP contribution in [0.2, 0.25) is 0 Å². The number of thioether (sulfide) groups is 1. The van der Waals surface area contributed by atoms with Crippen LogP contribution in [0, 0.1) is 5.82 Å². The molecular weight excluding hydrogens is 241 g/mol. The van der Waals surface area contributed by atoms with Crippen LogP contribution in [0.1, 0.15) is 20.3 Å². The van der Waals surface area contributed by atoms with E-state index in [-0.39, 0.29) is 17.2 Å². The molecular formula is C11H16FN3OS. The lowest BCUT2D eigenvalue weighted by Gasteiger charge is -2.13. The normalized spacial score (nSPS) is 23.9. The first kappa shape index (κ1) is 12.6. The molecule has 2 rings (SSSR count). The van der Waals surface area contributed by atoms with E-state index in [2.05, 4.69) is 15.3 Å². The summed E-state index contributed by atoms with van der Waals surface area (Å²) in [4.78, 5) is 8.05. The summed E-state index contributed by atoms with van der Waals surface area (Å²) in [5.74, 6) is 0.110. The molecule has 94 valence electrons. The van der Waals surface area contributed by atoms with E-state index in [1.165, 1.54) is 18.0 Å². The highest BCUT2D eigenvalue weighted by atomic mass is 32.2. The van der Waals surface area contributed by atoms with Crippen molar-refractivity contribution in [2.75, 3.05) is 18.5 Å². The molecule has 4 nitrogen and oxygen atoms in total. The highest BCUT2D eigenvalue weighted by Gasteiger charge is 2.26. The molecule has 1 fully saturated rings. The zero-order valence-electron chi connectivity index (χ0n) is 9.94. The van der Waals surface area contributed by atoms with Crippen molar-refractivity contribution in [3.63, 3.8) is 0 Å². The van der Waals surface area contributed by atoms with Gasteiger partial charge in [-0.2, -0.15) is 0 Å². The summed E-state index contributed by atoms with van der Waals surface area (Å²) in [6, 6.07) is 0. The number of ether oxygens (including phenoxy) is 1. The van der Waals surface area contributed by atoms with Gasteiger partial charge in [0.2, 0.25) is 5.95 Å². The first-order valence-corrected chi connectivity index (χ1v) is 6.63. The Morgan fingerprint density at radius 3 is 3.12 bits per heavy atom. The zero-order chi connectivity index (χ0) is 12.3. The van der Waals surface area contributed by atoms with Crippen molar-refractivity contribution in [3.8, 4) is 0 Å². The summed E-state index contributed by atoms with van der Waals surface area (Å²) in [7, 11) is 0. The quantitative estimate of drug-likeness (QED) is 0.839. The Labute approximate surface area is 104 Å². The van der Waals surface area contributed by atoms with Crippen LogP contribution in [0.4, 0.5) is 10.3 Å². The lowest BCUT2D eigenvalue weighted by atomic mass is 10.3. The number of rotatable bonds is 4. The molecule has 6 heteroatoms. The van der Waals surface area contributed by atoms with Crippen molar-refractivity contribution in [1.29, 1.82) is 0 Å². The molecule has 1 aromatic heterocycles. The fourth-order valence-corrected chi connectivity index (χ4v) is 2.76. The van der Waals surface area contributed by atoms with E-state index in [4.69, 9.17) is 4.74 Å². The van der Waals surface area contributed by atoms with Gasteiger partial charge in [-0.3, -0.25) is 0 Å². The van der Waals surface area contributed by atoms with Crippen LogP contribution in [0.15, 0.2) is 11.2 Å². The molecule has 0 saturated carbocycles. The predicted molar refractivity (Wildman–Crippen MR) is 65.8 cm³/mol. The molecule has 1 N–H and O–H groups in total. The fraction of sp³-hybridized carbons (Fsp3) is 0.636. The highest BCUT2D eigenvalue weighted by molar-refractivity contribution is 7.99. The standard InChI is InChI=1S/C11H16FN3OS/c1-3-13-11-14-6-8(12)10(15-11)17-9-4-5-16-7(9)2/h6-7,9H,3-5H2,1-2H3,(H,13,14,15). The highest BCUT2D eigenvalue weighted by Crippen LogP contribution is 2.32. The first-order valence-electron chi connectivity index (χ1n) is 5.75. The predicted octanol–water partition coefficient (Wildman–Crippen LogP) is 2.32. The molecule has 1 aliphatic heterocycles. The van der Waals surface area contributed by atoms with Crippen molar-refractivity contribution < 1.29 is 9.13 Å². The molecule has 0 aromatic carbocycles. The van der Waals surface area contributed by atoms with Crippen molar-refractivity contribution in [3.05, 3.63) is 12.0 Å². The number of anilines is 1. The van der Waals surface area contributed by atoms with E-state index >= 15 is 0 Å². The van der Waals surface area contributed by atoms with Crippen LogP contribution < -0.4 is 5.32 Å². The topological polar surface area (TPSA) is 47.0 Å². The van der Waals surface area contributed by atoms with Gasteiger partial charge in [0.15, 0.2) is 5.82 Å². The molecule has 17 heavy (non-hydrogen) atoms. The maximum absolute atomic E-state index is 13.6. The van der Waals surface area contributed by atoms with Gasteiger partial charge in [-0.15, -0.1) is 0 Å². The van der Waals surface area contributed by atoms with E-state index in [9.17, 15) is 4.39 Å². The summed E-state index contributed by atoms with van der Waals surface area (Å²) < 4.78 is 19.0. The summed E-state index contributed by atoms with van der Waals surface area (Å²) >= 11 is 1.43. The molecule has 1 aliphatic rings. The minimum atomic E-state index is -0.365. The molecule has 0 bridgehead atoms. The third kappa shape index (κ3) is 3.07. The zero-order valence-corrected chi connectivity index (χ0v) is 10.8. The number of nitrogens with one attached hydrogen (secondary N) is 1. The average Bonchev–Trinajstić information content (AvgIpc) is 2.70. The van der Waals surface area contributed by atoms with Gasteiger partial charge in [0, 0.05) is 18.4 Å². The molecule has 0 radical (unpaired) electrons. The van der Waals surface area contributed by atoms with Crippen LogP contribution in [0.5, 0.6) is 0 Å². The second-order valence-corrected chi connectivity index (χ2v) is 5.13.